The van der Waals surface area contributed by atoms with Gasteiger partial charge in [0, 0.05) is 34.1 Å². The average molecular weight is 767 g/mol. The summed E-state index contributed by atoms with van der Waals surface area (Å²) in [6.45, 7) is 0. The first-order valence-electron chi connectivity index (χ1n) is 21.2. The molecule has 0 bridgehead atoms. The van der Waals surface area contributed by atoms with Crippen molar-refractivity contribution in [2.24, 2.45) is 0 Å². The average Bonchev–Trinajstić information content (AvgIpc) is 4.10. The van der Waals surface area contributed by atoms with Crippen LogP contribution in [0.3, 0.4) is 0 Å². The molecule has 284 valence electrons. The number of allylic oxidation sites excluding steroid dienone is 4. The fourth-order valence-corrected chi connectivity index (χ4v) is 10.1. The zero-order valence-electron chi connectivity index (χ0n) is 33.4. The molecule has 0 atom stereocenters. The van der Waals surface area contributed by atoms with Crippen LogP contribution in [0.25, 0.3) is 34.4 Å². The molecule has 0 spiro atoms. The van der Waals surface area contributed by atoms with Gasteiger partial charge >= 0.3 is 0 Å². The number of anilines is 6. The van der Waals surface area contributed by atoms with Crippen LogP contribution in [-0.2, 0) is 25.7 Å². The Labute approximate surface area is 352 Å². The maximum Gasteiger partial charge on any atom is 0.0464 e. The molecule has 0 aliphatic heterocycles. The number of nitrogens with zero attached hydrogens (tertiary/aromatic N) is 2. The first kappa shape index (κ1) is 34.6. The Bertz CT molecular complexity index is 2850. The van der Waals surface area contributed by atoms with Gasteiger partial charge in [-0.15, -0.1) is 0 Å². The van der Waals surface area contributed by atoms with Crippen molar-refractivity contribution in [1.29, 1.82) is 0 Å². The van der Waals surface area contributed by atoms with E-state index in [0.29, 0.717) is 0 Å². The second kappa shape index (κ2) is 14.1. The van der Waals surface area contributed by atoms with E-state index in [4.69, 9.17) is 0 Å². The van der Waals surface area contributed by atoms with E-state index in [0.717, 1.165) is 48.4 Å². The first-order valence-corrected chi connectivity index (χ1v) is 21.2. The van der Waals surface area contributed by atoms with Crippen molar-refractivity contribution in [3.63, 3.8) is 0 Å². The van der Waals surface area contributed by atoms with E-state index in [1.807, 2.05) is 0 Å². The van der Waals surface area contributed by atoms with Crippen LogP contribution in [0.4, 0.5) is 34.1 Å². The number of rotatable bonds is 8. The van der Waals surface area contributed by atoms with Gasteiger partial charge in [0.15, 0.2) is 0 Å². The van der Waals surface area contributed by atoms with Crippen molar-refractivity contribution in [2.45, 2.75) is 25.7 Å². The maximum absolute atomic E-state index is 2.43. The molecule has 0 amide bonds. The summed E-state index contributed by atoms with van der Waals surface area (Å²) in [5.74, 6) is 0. The largest absolute Gasteiger partial charge is 0.310 e. The lowest BCUT2D eigenvalue weighted by Crippen LogP contribution is -2.11. The number of para-hydroxylation sites is 2. The number of hydrogen-bond acceptors (Lipinski definition) is 2. The second-order valence-corrected chi connectivity index (χ2v) is 16.5. The summed E-state index contributed by atoms with van der Waals surface area (Å²) >= 11 is 0. The summed E-state index contributed by atoms with van der Waals surface area (Å²) in [7, 11) is 0. The predicted octanol–water partition coefficient (Wildman–Crippen LogP) is 14.8. The minimum absolute atomic E-state index is 0.949. The molecule has 0 heterocycles. The van der Waals surface area contributed by atoms with Crippen LogP contribution in [0, 0.1) is 0 Å². The molecule has 8 aromatic rings. The maximum atomic E-state index is 2.43. The van der Waals surface area contributed by atoms with Crippen molar-refractivity contribution >= 4 is 68.6 Å². The second-order valence-electron chi connectivity index (χ2n) is 16.5. The molecule has 60 heavy (non-hydrogen) atoms. The van der Waals surface area contributed by atoms with Gasteiger partial charge in [0.05, 0.1) is 0 Å². The number of benzene rings is 8. The van der Waals surface area contributed by atoms with Crippen molar-refractivity contribution in [1.82, 2.24) is 0 Å². The zero-order valence-corrected chi connectivity index (χ0v) is 33.4. The summed E-state index contributed by atoms with van der Waals surface area (Å²) in [6, 6.07) is 71.6. The molecule has 12 rings (SSSR count). The topological polar surface area (TPSA) is 6.48 Å². The molecule has 0 N–H and O–H groups in total. The Morgan fingerprint density at radius 1 is 0.283 bits per heavy atom. The normalized spacial score (nSPS) is 14.2. The third-order valence-electron chi connectivity index (χ3n) is 13.0. The molecule has 4 aliphatic carbocycles. The molecule has 8 aromatic carbocycles. The van der Waals surface area contributed by atoms with Crippen molar-refractivity contribution in [3.8, 4) is 0 Å². The van der Waals surface area contributed by atoms with Gasteiger partial charge in [0.25, 0.3) is 0 Å². The lowest BCUT2D eigenvalue weighted by Gasteiger charge is -2.27. The summed E-state index contributed by atoms with van der Waals surface area (Å²) in [4.78, 5) is 4.81. The fourth-order valence-electron chi connectivity index (χ4n) is 10.1. The van der Waals surface area contributed by atoms with Crippen LogP contribution >= 0.6 is 0 Å². The SMILES string of the molecule is C1=C(c2ccc(N(c3ccccc3)c3ccc4c(c3)CC3=C4Cc4cc(N(c5ccccc5)c5ccc(C6=Cc7ccccc7C6)cc5)ccc43)cc2)Cc2ccccc21. The summed E-state index contributed by atoms with van der Waals surface area (Å²) in [5, 5.41) is 0. The predicted molar refractivity (Wildman–Crippen MR) is 253 cm³/mol. The van der Waals surface area contributed by atoms with Gasteiger partial charge in [0.2, 0.25) is 0 Å². The van der Waals surface area contributed by atoms with Crippen molar-refractivity contribution < 1.29 is 0 Å². The zero-order chi connectivity index (χ0) is 39.6. The lowest BCUT2D eigenvalue weighted by molar-refractivity contribution is 1.21. The molecule has 0 unspecified atom stereocenters. The third kappa shape index (κ3) is 5.95. The Hall–Kier alpha value is -7.42. The van der Waals surface area contributed by atoms with E-state index in [9.17, 15) is 0 Å². The number of fused-ring (bicyclic) bond motifs is 6. The molecular weight excluding hydrogens is 725 g/mol. The molecule has 0 aromatic heterocycles. The molecular formula is C58H42N2. The standard InChI is InChI=1S/C58H42N2/c1-3-15-49(16-4-1)59(51-23-19-39(20-24-51)45-31-41-11-7-8-12-42(41)32-45)53-27-29-55-47(35-53)37-57-56-30-28-54(36-48(56)38-58(55)57)60(50-17-5-2-6-18-50)52-25-21-40(22-26-52)46-33-43-13-9-10-14-44(43)34-46/h1-31,33,35-36H,32,34,37-38H2. The van der Waals surface area contributed by atoms with Crippen molar-refractivity contribution in [3.05, 3.63) is 250 Å². The highest BCUT2D eigenvalue weighted by Gasteiger charge is 2.31. The van der Waals surface area contributed by atoms with Gasteiger partial charge in [-0.2, -0.15) is 0 Å². The summed E-state index contributed by atoms with van der Waals surface area (Å²) in [5.41, 5.74) is 26.4. The van der Waals surface area contributed by atoms with Crippen LogP contribution in [0.5, 0.6) is 0 Å². The monoisotopic (exact) mass is 766 g/mol. The summed E-state index contributed by atoms with van der Waals surface area (Å²) < 4.78 is 0. The Balaban J connectivity index is 0.823. The highest BCUT2D eigenvalue weighted by atomic mass is 15.1. The van der Waals surface area contributed by atoms with Gasteiger partial charge in [-0.3, -0.25) is 0 Å². The fraction of sp³-hybridized carbons (Fsp3) is 0.0690. The van der Waals surface area contributed by atoms with Gasteiger partial charge < -0.3 is 9.80 Å². The molecule has 0 radical (unpaired) electrons. The Morgan fingerprint density at radius 2 is 0.650 bits per heavy atom. The minimum Gasteiger partial charge on any atom is -0.310 e. The van der Waals surface area contributed by atoms with E-state index in [1.165, 1.54) is 89.3 Å². The number of hydrogen-bond donors (Lipinski definition) is 0. The molecule has 2 nitrogen and oxygen atoms in total. The first-order chi connectivity index (χ1) is 29.7. The van der Waals surface area contributed by atoms with Crippen LogP contribution in [0.1, 0.15) is 55.6 Å². The van der Waals surface area contributed by atoms with E-state index in [-0.39, 0.29) is 0 Å². The Morgan fingerprint density at radius 3 is 1.07 bits per heavy atom. The molecule has 0 fully saturated rings. The van der Waals surface area contributed by atoms with E-state index < -0.39 is 0 Å². The molecule has 2 heteroatoms. The molecule has 0 saturated carbocycles. The van der Waals surface area contributed by atoms with Gasteiger partial charge in [0.1, 0.15) is 0 Å². The minimum atomic E-state index is 0.949. The van der Waals surface area contributed by atoms with E-state index in [2.05, 4.69) is 216 Å². The highest BCUT2D eigenvalue weighted by molar-refractivity contribution is 6.03. The molecule has 0 saturated heterocycles. The summed E-state index contributed by atoms with van der Waals surface area (Å²) in [6.07, 6.45) is 8.56. The van der Waals surface area contributed by atoms with Crippen LogP contribution in [-0.4, -0.2) is 0 Å². The van der Waals surface area contributed by atoms with Crippen LogP contribution in [0.2, 0.25) is 0 Å². The van der Waals surface area contributed by atoms with Crippen LogP contribution < -0.4 is 9.80 Å². The van der Waals surface area contributed by atoms with Gasteiger partial charge in [-0.1, -0.05) is 133 Å². The smallest absolute Gasteiger partial charge is 0.0464 e. The van der Waals surface area contributed by atoms with E-state index in [1.54, 1.807) is 0 Å². The Kier molecular flexibility index (Phi) is 8.16. The lowest BCUT2D eigenvalue weighted by atomic mass is 9.97. The van der Waals surface area contributed by atoms with Gasteiger partial charge in [-0.05, 0) is 176 Å². The van der Waals surface area contributed by atoms with E-state index >= 15 is 0 Å². The third-order valence-corrected chi connectivity index (χ3v) is 13.0. The van der Waals surface area contributed by atoms with Gasteiger partial charge in [-0.25, -0.2) is 0 Å². The van der Waals surface area contributed by atoms with Crippen molar-refractivity contribution in [2.75, 3.05) is 9.80 Å². The highest BCUT2D eigenvalue weighted by Crippen LogP contribution is 2.50. The quantitative estimate of drug-likeness (QED) is 0.152. The molecule has 4 aliphatic rings. The van der Waals surface area contributed by atoms with Crippen LogP contribution in [0.15, 0.2) is 194 Å².